The van der Waals surface area contributed by atoms with E-state index in [0.29, 0.717) is 19.1 Å². The molecule has 0 unspecified atom stereocenters. The van der Waals surface area contributed by atoms with E-state index in [9.17, 15) is 9.18 Å². The van der Waals surface area contributed by atoms with Crippen LogP contribution in [0.5, 0.6) is 5.75 Å². The van der Waals surface area contributed by atoms with Gasteiger partial charge in [-0.1, -0.05) is 24.3 Å². The van der Waals surface area contributed by atoms with Gasteiger partial charge in [0, 0.05) is 19.1 Å². The van der Waals surface area contributed by atoms with E-state index in [1.54, 1.807) is 19.2 Å². The van der Waals surface area contributed by atoms with Crippen LogP contribution in [0.25, 0.3) is 0 Å². The van der Waals surface area contributed by atoms with Gasteiger partial charge in [-0.25, -0.2) is 9.18 Å². The lowest BCUT2D eigenvalue weighted by Gasteiger charge is -2.23. The van der Waals surface area contributed by atoms with E-state index in [4.69, 9.17) is 4.74 Å². The number of ether oxygens (including phenoxy) is 1. The second-order valence-electron chi connectivity index (χ2n) is 6.32. The van der Waals surface area contributed by atoms with Crippen LogP contribution in [0.2, 0.25) is 0 Å². The highest BCUT2D eigenvalue weighted by molar-refractivity contribution is 5.75. The molecule has 0 atom stereocenters. The lowest BCUT2D eigenvalue weighted by atomic mass is 10.1. The summed E-state index contributed by atoms with van der Waals surface area (Å²) in [6, 6.07) is 14.4. The molecule has 0 saturated heterocycles. The maximum Gasteiger partial charge on any atom is 0.317 e. The van der Waals surface area contributed by atoms with Crippen molar-refractivity contribution in [2.24, 2.45) is 0 Å². The molecule has 1 saturated carbocycles. The van der Waals surface area contributed by atoms with Crippen molar-refractivity contribution in [3.63, 3.8) is 0 Å². The van der Waals surface area contributed by atoms with Crippen molar-refractivity contribution in [2.45, 2.75) is 31.8 Å². The van der Waals surface area contributed by atoms with Crippen LogP contribution in [0, 0.1) is 5.82 Å². The zero-order chi connectivity index (χ0) is 17.6. The average molecular weight is 342 g/mol. The topological polar surface area (TPSA) is 41.6 Å². The van der Waals surface area contributed by atoms with E-state index in [2.05, 4.69) is 5.32 Å². The molecular weight excluding hydrogens is 319 g/mol. The molecule has 0 bridgehead atoms. The number of urea groups is 1. The Bertz CT molecular complexity index is 714. The first-order valence-corrected chi connectivity index (χ1v) is 8.57. The summed E-state index contributed by atoms with van der Waals surface area (Å²) < 4.78 is 18.2. The largest absolute Gasteiger partial charge is 0.497 e. The van der Waals surface area contributed by atoms with Crippen molar-refractivity contribution in [2.75, 3.05) is 13.7 Å². The van der Waals surface area contributed by atoms with Crippen LogP contribution in [0.15, 0.2) is 48.5 Å². The van der Waals surface area contributed by atoms with Crippen LogP contribution < -0.4 is 10.1 Å². The Morgan fingerprint density at radius 2 is 1.96 bits per heavy atom. The Balaban J connectivity index is 1.53. The average Bonchev–Trinajstić information content (AvgIpc) is 3.46. The minimum absolute atomic E-state index is 0.0604. The molecule has 2 aromatic carbocycles. The van der Waals surface area contributed by atoms with E-state index in [1.165, 1.54) is 12.1 Å². The first-order valence-electron chi connectivity index (χ1n) is 8.57. The monoisotopic (exact) mass is 342 g/mol. The van der Waals surface area contributed by atoms with E-state index >= 15 is 0 Å². The molecule has 1 fully saturated rings. The van der Waals surface area contributed by atoms with Crippen molar-refractivity contribution in [1.82, 2.24) is 10.2 Å². The van der Waals surface area contributed by atoms with E-state index in [1.807, 2.05) is 29.2 Å². The van der Waals surface area contributed by atoms with Crippen LogP contribution in [-0.2, 0) is 13.0 Å². The normalized spacial score (nSPS) is 13.4. The summed E-state index contributed by atoms with van der Waals surface area (Å²) in [5, 5.41) is 2.99. The summed E-state index contributed by atoms with van der Waals surface area (Å²) in [6.07, 6.45) is 2.81. The number of nitrogens with one attached hydrogen (secondary N) is 1. The number of halogens is 1. The highest BCUT2D eigenvalue weighted by Gasteiger charge is 2.32. The number of amides is 2. The van der Waals surface area contributed by atoms with Crippen molar-refractivity contribution in [3.05, 3.63) is 65.5 Å². The second kappa shape index (κ2) is 8.01. The van der Waals surface area contributed by atoms with Gasteiger partial charge in [0.2, 0.25) is 0 Å². The zero-order valence-corrected chi connectivity index (χ0v) is 14.4. The number of benzene rings is 2. The zero-order valence-electron chi connectivity index (χ0n) is 14.4. The van der Waals surface area contributed by atoms with Gasteiger partial charge in [0.25, 0.3) is 0 Å². The molecule has 2 amide bonds. The summed E-state index contributed by atoms with van der Waals surface area (Å²) in [4.78, 5) is 14.4. The molecule has 0 spiro atoms. The fraction of sp³-hybridized carbons (Fsp3) is 0.350. The van der Waals surface area contributed by atoms with Crippen LogP contribution in [-0.4, -0.2) is 30.6 Å². The summed E-state index contributed by atoms with van der Waals surface area (Å²) in [6.45, 7) is 1.08. The summed E-state index contributed by atoms with van der Waals surface area (Å²) in [5.74, 6) is 0.559. The van der Waals surface area contributed by atoms with Crippen LogP contribution in [0.3, 0.4) is 0 Å². The molecule has 0 heterocycles. The first-order chi connectivity index (χ1) is 12.2. The quantitative estimate of drug-likeness (QED) is 0.833. The maximum atomic E-state index is 13.0. The Labute approximate surface area is 147 Å². The Kier molecular flexibility index (Phi) is 5.53. The van der Waals surface area contributed by atoms with Crippen molar-refractivity contribution in [1.29, 1.82) is 0 Å². The molecule has 4 nitrogen and oxygen atoms in total. The van der Waals surface area contributed by atoms with Crippen molar-refractivity contribution >= 4 is 6.03 Å². The van der Waals surface area contributed by atoms with Gasteiger partial charge in [0.15, 0.2) is 0 Å². The standard InChI is InChI=1S/C20H23FN2O2/c1-25-19-4-2-3-15(13-19)11-12-22-20(24)23(18-9-10-18)14-16-5-7-17(21)8-6-16/h2-8,13,18H,9-12,14H2,1H3,(H,22,24). The van der Waals surface area contributed by atoms with Gasteiger partial charge in [-0.3, -0.25) is 0 Å². The third-order valence-corrected chi connectivity index (χ3v) is 4.34. The molecule has 2 aromatic rings. The highest BCUT2D eigenvalue weighted by Crippen LogP contribution is 2.28. The molecule has 1 aliphatic carbocycles. The lowest BCUT2D eigenvalue weighted by Crippen LogP contribution is -2.41. The Morgan fingerprint density at radius 3 is 2.64 bits per heavy atom. The number of hydrogen-bond acceptors (Lipinski definition) is 2. The predicted molar refractivity (Wildman–Crippen MR) is 95.1 cm³/mol. The number of hydrogen-bond donors (Lipinski definition) is 1. The molecule has 1 aliphatic rings. The number of carbonyl (C=O) groups excluding carboxylic acids is 1. The molecule has 3 rings (SSSR count). The molecule has 0 aromatic heterocycles. The molecule has 5 heteroatoms. The van der Waals surface area contributed by atoms with E-state index in [-0.39, 0.29) is 11.8 Å². The Morgan fingerprint density at radius 1 is 1.20 bits per heavy atom. The minimum atomic E-state index is -0.260. The lowest BCUT2D eigenvalue weighted by molar-refractivity contribution is 0.192. The predicted octanol–water partition coefficient (Wildman–Crippen LogP) is 3.75. The summed E-state index contributed by atoms with van der Waals surface area (Å²) in [5.41, 5.74) is 2.06. The fourth-order valence-corrected chi connectivity index (χ4v) is 2.78. The highest BCUT2D eigenvalue weighted by atomic mass is 19.1. The van der Waals surface area contributed by atoms with Gasteiger partial charge in [-0.05, 0) is 54.7 Å². The molecule has 25 heavy (non-hydrogen) atoms. The molecule has 1 N–H and O–H groups in total. The van der Waals surface area contributed by atoms with E-state index < -0.39 is 0 Å². The first kappa shape index (κ1) is 17.3. The fourth-order valence-electron chi connectivity index (χ4n) is 2.78. The molecule has 0 aliphatic heterocycles. The molecular formula is C20H23FN2O2. The maximum absolute atomic E-state index is 13.0. The molecule has 132 valence electrons. The van der Waals surface area contributed by atoms with Crippen molar-refractivity contribution < 1.29 is 13.9 Å². The van der Waals surface area contributed by atoms with Gasteiger partial charge in [0.1, 0.15) is 11.6 Å². The van der Waals surface area contributed by atoms with Crippen molar-refractivity contribution in [3.8, 4) is 5.75 Å². The van der Waals surface area contributed by atoms with Crippen LogP contribution in [0.4, 0.5) is 9.18 Å². The van der Waals surface area contributed by atoms with Crippen LogP contribution in [0.1, 0.15) is 24.0 Å². The number of rotatable bonds is 7. The second-order valence-corrected chi connectivity index (χ2v) is 6.32. The van der Waals surface area contributed by atoms with Gasteiger partial charge in [-0.2, -0.15) is 0 Å². The smallest absolute Gasteiger partial charge is 0.317 e. The van der Waals surface area contributed by atoms with E-state index in [0.717, 1.165) is 36.1 Å². The van der Waals surface area contributed by atoms with Gasteiger partial charge in [-0.15, -0.1) is 0 Å². The SMILES string of the molecule is COc1cccc(CCNC(=O)N(Cc2ccc(F)cc2)C2CC2)c1. The summed E-state index contributed by atoms with van der Waals surface area (Å²) >= 11 is 0. The third kappa shape index (κ3) is 4.95. The van der Waals surface area contributed by atoms with Gasteiger partial charge >= 0.3 is 6.03 Å². The van der Waals surface area contributed by atoms with Gasteiger partial charge in [0.05, 0.1) is 7.11 Å². The minimum Gasteiger partial charge on any atom is -0.497 e. The number of nitrogens with zero attached hydrogens (tertiary/aromatic N) is 1. The molecule has 0 radical (unpaired) electrons. The Hall–Kier alpha value is -2.56. The van der Waals surface area contributed by atoms with Gasteiger partial charge < -0.3 is 15.0 Å². The number of methoxy groups -OCH3 is 1. The van der Waals surface area contributed by atoms with Crippen LogP contribution >= 0.6 is 0 Å². The number of carbonyl (C=O) groups is 1. The third-order valence-electron chi connectivity index (χ3n) is 4.34. The summed E-state index contributed by atoms with van der Waals surface area (Å²) in [7, 11) is 1.64.